The van der Waals surface area contributed by atoms with Gasteiger partial charge in [-0.05, 0) is 55.8 Å². The largest absolute Gasteiger partial charge is 0.493 e. The second-order valence-corrected chi connectivity index (χ2v) is 10.1. The number of thiazole rings is 1. The zero-order chi connectivity index (χ0) is 27.6. The van der Waals surface area contributed by atoms with Gasteiger partial charge in [-0.3, -0.25) is 14.2 Å². The lowest BCUT2D eigenvalue weighted by Crippen LogP contribution is -2.40. The van der Waals surface area contributed by atoms with Crippen LogP contribution in [0.15, 0.2) is 61.9 Å². The van der Waals surface area contributed by atoms with Crippen molar-refractivity contribution in [1.82, 2.24) is 4.57 Å². The number of carbonyl (C=O) groups excluding carboxylic acids is 2. The van der Waals surface area contributed by atoms with E-state index in [0.29, 0.717) is 43.4 Å². The molecule has 1 aliphatic heterocycles. The first-order chi connectivity index (χ1) is 18.2. The van der Waals surface area contributed by atoms with E-state index in [0.717, 1.165) is 4.47 Å². The zero-order valence-electron chi connectivity index (χ0n) is 21.4. The van der Waals surface area contributed by atoms with Crippen LogP contribution in [0.2, 0.25) is 0 Å². The van der Waals surface area contributed by atoms with E-state index in [2.05, 4.69) is 20.9 Å². The first-order valence-corrected chi connectivity index (χ1v) is 13.2. The number of carbonyl (C=O) groups is 2. The molecular weight excluding hydrogens is 576 g/mol. The summed E-state index contributed by atoms with van der Waals surface area (Å²) in [5.74, 6) is 0.227. The van der Waals surface area contributed by atoms with Crippen molar-refractivity contribution in [2.45, 2.75) is 26.8 Å². The van der Waals surface area contributed by atoms with Gasteiger partial charge in [0.25, 0.3) is 5.56 Å². The maximum atomic E-state index is 13.9. The Labute approximate surface area is 230 Å². The van der Waals surface area contributed by atoms with Gasteiger partial charge >= 0.3 is 11.9 Å². The average molecular weight is 601 g/mol. The van der Waals surface area contributed by atoms with Gasteiger partial charge in [-0.1, -0.05) is 33.3 Å². The fraction of sp³-hybridized carbons (Fsp3) is 0.259. The van der Waals surface area contributed by atoms with Crippen molar-refractivity contribution in [3.63, 3.8) is 0 Å². The van der Waals surface area contributed by atoms with Gasteiger partial charge in [0, 0.05) is 17.0 Å². The van der Waals surface area contributed by atoms with Crippen molar-refractivity contribution in [1.29, 1.82) is 0 Å². The lowest BCUT2D eigenvalue weighted by Gasteiger charge is -2.25. The molecule has 198 valence electrons. The van der Waals surface area contributed by atoms with E-state index in [1.807, 2.05) is 0 Å². The van der Waals surface area contributed by atoms with E-state index in [-0.39, 0.29) is 17.7 Å². The predicted octanol–water partition coefficient (Wildman–Crippen LogP) is 3.50. The Morgan fingerprint density at radius 1 is 1.11 bits per heavy atom. The standard InChI is InChI=1S/C27H25BrN2O7S/c1-6-36-26(33)23-14(2)29-27-30(24(23)16-7-9-20(34-4)21(12-16)35-5)25(32)22(38-27)13-17-11-18(28)8-10-19(17)37-15(3)31/h7-13,24H,6H2,1-5H3. The van der Waals surface area contributed by atoms with E-state index >= 15 is 0 Å². The zero-order valence-corrected chi connectivity index (χ0v) is 23.8. The van der Waals surface area contributed by atoms with Gasteiger partial charge in [0.05, 0.1) is 42.7 Å². The quantitative estimate of drug-likeness (QED) is 0.302. The normalized spacial score (nSPS) is 15.0. The van der Waals surface area contributed by atoms with Crippen LogP contribution >= 0.6 is 27.3 Å². The van der Waals surface area contributed by atoms with Crippen LogP contribution in [0.4, 0.5) is 0 Å². The Hall–Kier alpha value is -3.70. The number of rotatable bonds is 7. The molecule has 1 aliphatic rings. The van der Waals surface area contributed by atoms with E-state index in [9.17, 15) is 14.4 Å². The average Bonchev–Trinajstić information content (AvgIpc) is 3.18. The number of esters is 2. The van der Waals surface area contributed by atoms with Crippen molar-refractivity contribution in [2.75, 3.05) is 20.8 Å². The van der Waals surface area contributed by atoms with Gasteiger partial charge in [0.15, 0.2) is 16.3 Å². The number of ether oxygens (including phenoxy) is 4. The molecule has 0 aliphatic carbocycles. The number of halogens is 1. The molecule has 0 bridgehead atoms. The van der Waals surface area contributed by atoms with Crippen LogP contribution in [0.1, 0.15) is 37.9 Å². The number of allylic oxidation sites excluding steroid dienone is 1. The van der Waals surface area contributed by atoms with Crippen LogP contribution in [-0.2, 0) is 14.3 Å². The number of aromatic nitrogens is 1. The number of nitrogens with zero attached hydrogens (tertiary/aromatic N) is 2. The highest BCUT2D eigenvalue weighted by atomic mass is 79.9. The molecule has 0 N–H and O–H groups in total. The SMILES string of the molecule is CCOC(=O)C1=C(C)N=c2sc(=Cc3cc(Br)ccc3OC(C)=O)c(=O)n2C1c1ccc(OC)c(OC)c1. The van der Waals surface area contributed by atoms with Crippen molar-refractivity contribution < 1.29 is 28.5 Å². The molecule has 9 nitrogen and oxygen atoms in total. The summed E-state index contributed by atoms with van der Waals surface area (Å²) < 4.78 is 24.1. The molecule has 0 radical (unpaired) electrons. The van der Waals surface area contributed by atoms with Crippen LogP contribution in [-0.4, -0.2) is 37.3 Å². The van der Waals surface area contributed by atoms with Crippen LogP contribution in [0.3, 0.4) is 0 Å². The predicted molar refractivity (Wildman–Crippen MR) is 145 cm³/mol. The van der Waals surface area contributed by atoms with E-state index in [4.69, 9.17) is 18.9 Å². The summed E-state index contributed by atoms with van der Waals surface area (Å²) in [5.41, 5.74) is 1.48. The molecule has 3 aromatic rings. The number of benzene rings is 2. The highest BCUT2D eigenvalue weighted by Gasteiger charge is 2.34. The second kappa shape index (κ2) is 11.4. The first kappa shape index (κ1) is 27.3. The number of hydrogen-bond acceptors (Lipinski definition) is 9. The third-order valence-electron chi connectivity index (χ3n) is 5.75. The Kier molecular flexibility index (Phi) is 8.17. The third-order valence-corrected chi connectivity index (χ3v) is 7.23. The van der Waals surface area contributed by atoms with Gasteiger partial charge in [-0.15, -0.1) is 0 Å². The minimum atomic E-state index is -0.817. The van der Waals surface area contributed by atoms with Crippen molar-refractivity contribution >= 4 is 45.3 Å². The summed E-state index contributed by atoms with van der Waals surface area (Å²) in [6.45, 7) is 4.90. The maximum absolute atomic E-state index is 13.9. The molecule has 1 atom stereocenters. The number of methoxy groups -OCH3 is 2. The molecule has 2 heterocycles. The van der Waals surface area contributed by atoms with Gasteiger partial charge in [0.2, 0.25) is 0 Å². The molecule has 38 heavy (non-hydrogen) atoms. The fourth-order valence-electron chi connectivity index (χ4n) is 4.15. The van der Waals surface area contributed by atoms with E-state index in [1.54, 1.807) is 56.3 Å². The second-order valence-electron chi connectivity index (χ2n) is 8.19. The molecule has 0 saturated carbocycles. The van der Waals surface area contributed by atoms with Gasteiger partial charge < -0.3 is 18.9 Å². The Bertz CT molecular complexity index is 1640. The molecule has 4 rings (SSSR count). The lowest BCUT2D eigenvalue weighted by molar-refractivity contribution is -0.139. The Morgan fingerprint density at radius 3 is 2.47 bits per heavy atom. The maximum Gasteiger partial charge on any atom is 0.338 e. The molecule has 0 fully saturated rings. The van der Waals surface area contributed by atoms with Crippen molar-refractivity contribution in [3.8, 4) is 17.2 Å². The molecule has 1 aromatic heterocycles. The monoisotopic (exact) mass is 600 g/mol. The van der Waals surface area contributed by atoms with Crippen LogP contribution in [0.25, 0.3) is 6.08 Å². The first-order valence-electron chi connectivity index (χ1n) is 11.6. The van der Waals surface area contributed by atoms with Gasteiger partial charge in [-0.25, -0.2) is 9.79 Å². The smallest absolute Gasteiger partial charge is 0.338 e. The summed E-state index contributed by atoms with van der Waals surface area (Å²) >= 11 is 4.59. The lowest BCUT2D eigenvalue weighted by atomic mass is 9.95. The molecule has 11 heteroatoms. The number of fused-ring (bicyclic) bond motifs is 1. The van der Waals surface area contributed by atoms with Crippen molar-refractivity contribution in [3.05, 3.63) is 83.0 Å². The molecule has 0 spiro atoms. The summed E-state index contributed by atoms with van der Waals surface area (Å²) in [6.07, 6.45) is 1.64. The highest BCUT2D eigenvalue weighted by molar-refractivity contribution is 9.10. The van der Waals surface area contributed by atoms with Crippen LogP contribution in [0, 0.1) is 0 Å². The minimum Gasteiger partial charge on any atom is -0.493 e. The third kappa shape index (κ3) is 5.30. The minimum absolute atomic E-state index is 0.167. The summed E-state index contributed by atoms with van der Waals surface area (Å²) in [4.78, 5) is 43.6. The molecular formula is C27H25BrN2O7S. The van der Waals surface area contributed by atoms with E-state index < -0.39 is 18.0 Å². The number of hydrogen-bond donors (Lipinski definition) is 0. The molecule has 0 amide bonds. The topological polar surface area (TPSA) is 105 Å². The fourth-order valence-corrected chi connectivity index (χ4v) is 5.57. The molecule has 0 saturated heterocycles. The van der Waals surface area contributed by atoms with Gasteiger partial charge in [0.1, 0.15) is 5.75 Å². The summed E-state index contributed by atoms with van der Waals surface area (Å²) in [6, 6.07) is 9.53. The van der Waals surface area contributed by atoms with Gasteiger partial charge in [-0.2, -0.15) is 0 Å². The van der Waals surface area contributed by atoms with Crippen molar-refractivity contribution in [2.24, 2.45) is 4.99 Å². The van der Waals surface area contributed by atoms with Crippen LogP contribution < -0.4 is 29.1 Å². The molecule has 1 unspecified atom stereocenters. The summed E-state index contributed by atoms with van der Waals surface area (Å²) in [7, 11) is 3.04. The highest BCUT2D eigenvalue weighted by Crippen LogP contribution is 2.36. The van der Waals surface area contributed by atoms with Crippen LogP contribution in [0.5, 0.6) is 17.2 Å². The molecule has 2 aromatic carbocycles. The Balaban J connectivity index is 1.98. The van der Waals surface area contributed by atoms with E-state index in [1.165, 1.54) is 37.0 Å². The Morgan fingerprint density at radius 2 is 1.82 bits per heavy atom. The summed E-state index contributed by atoms with van der Waals surface area (Å²) in [5, 5.41) is 0.